The lowest BCUT2D eigenvalue weighted by Crippen LogP contribution is -2.29. The average molecular weight is 321 g/mol. The van der Waals surface area contributed by atoms with E-state index in [4.69, 9.17) is 23.1 Å². The van der Waals surface area contributed by atoms with Crippen molar-refractivity contribution in [1.29, 1.82) is 0 Å². The van der Waals surface area contributed by atoms with Crippen LogP contribution >= 0.6 is 11.6 Å². The Labute approximate surface area is 122 Å². The fraction of sp³-hybridized carbons (Fsp3) is 0.364. The van der Waals surface area contributed by atoms with E-state index < -0.39 is 15.9 Å². The Morgan fingerprint density at radius 1 is 1.40 bits per heavy atom. The number of nitrogens with two attached hydrogens (primary N) is 2. The number of benzene rings is 1. The van der Waals surface area contributed by atoms with Crippen LogP contribution < -0.4 is 16.8 Å². The summed E-state index contributed by atoms with van der Waals surface area (Å²) in [5.74, 6) is -0.837. The minimum absolute atomic E-state index is 0.0877. The number of rotatable bonds is 6. The summed E-state index contributed by atoms with van der Waals surface area (Å²) >= 11 is 5.98. The van der Waals surface area contributed by atoms with Gasteiger partial charge in [-0.3, -0.25) is 4.79 Å². The topological polar surface area (TPSA) is 119 Å². The molecule has 1 amide bonds. The number of sulfonamides is 1. The molecule has 112 valence electrons. The predicted octanol–water partition coefficient (Wildman–Crippen LogP) is 0.324. The molecule has 9 heteroatoms. The van der Waals surface area contributed by atoms with Gasteiger partial charge in [0.1, 0.15) is 0 Å². The van der Waals surface area contributed by atoms with E-state index in [1.807, 2.05) is 0 Å². The first-order valence-corrected chi connectivity index (χ1v) is 7.66. The highest BCUT2D eigenvalue weighted by Crippen LogP contribution is 2.28. The van der Waals surface area contributed by atoms with Crippen LogP contribution in [0.3, 0.4) is 0 Å². The first kappa shape index (κ1) is 16.5. The highest BCUT2D eigenvalue weighted by molar-refractivity contribution is 7.89. The molecular weight excluding hydrogens is 304 g/mol. The average Bonchev–Trinajstić information content (AvgIpc) is 2.30. The SMILES string of the molecule is CN(C)S(=O)(=O)CCNc1c(Cl)cc(N)cc1C(N)=O. The van der Waals surface area contributed by atoms with Gasteiger partial charge in [-0.1, -0.05) is 11.6 Å². The fourth-order valence-corrected chi connectivity index (χ4v) is 2.51. The third-order valence-corrected chi connectivity index (χ3v) is 4.73. The molecule has 0 fully saturated rings. The van der Waals surface area contributed by atoms with Gasteiger partial charge in [0.15, 0.2) is 0 Å². The fourth-order valence-electron chi connectivity index (χ4n) is 1.49. The highest BCUT2D eigenvalue weighted by atomic mass is 35.5. The standard InChI is InChI=1S/C11H17ClN4O3S/c1-16(2)20(18,19)4-3-15-10-8(11(14)17)5-7(13)6-9(10)12/h5-6,15H,3-4,13H2,1-2H3,(H2,14,17). The molecule has 0 aliphatic heterocycles. The van der Waals surface area contributed by atoms with E-state index in [0.717, 1.165) is 4.31 Å². The van der Waals surface area contributed by atoms with Crippen molar-refractivity contribution in [1.82, 2.24) is 4.31 Å². The molecule has 0 heterocycles. The van der Waals surface area contributed by atoms with E-state index in [1.165, 1.54) is 26.2 Å². The zero-order valence-corrected chi connectivity index (χ0v) is 12.8. The monoisotopic (exact) mass is 320 g/mol. The van der Waals surface area contributed by atoms with Crippen LogP contribution in [0, 0.1) is 0 Å². The molecule has 7 nitrogen and oxygen atoms in total. The summed E-state index contributed by atoms with van der Waals surface area (Å²) in [5.41, 5.74) is 11.5. The van der Waals surface area contributed by atoms with Gasteiger partial charge in [0.05, 0.1) is 22.0 Å². The number of amides is 1. The maximum Gasteiger partial charge on any atom is 0.250 e. The molecule has 0 atom stereocenters. The number of nitrogen functional groups attached to an aromatic ring is 1. The summed E-state index contributed by atoms with van der Waals surface area (Å²) in [5, 5.41) is 3.02. The molecule has 20 heavy (non-hydrogen) atoms. The van der Waals surface area contributed by atoms with Crippen molar-refractivity contribution < 1.29 is 13.2 Å². The Balaban J connectivity index is 2.91. The van der Waals surface area contributed by atoms with Crippen LogP contribution in [0.4, 0.5) is 11.4 Å². The number of nitrogens with zero attached hydrogens (tertiary/aromatic N) is 1. The number of hydrogen-bond acceptors (Lipinski definition) is 5. The maximum atomic E-state index is 11.6. The van der Waals surface area contributed by atoms with Crippen LogP contribution in [0.1, 0.15) is 10.4 Å². The number of hydrogen-bond donors (Lipinski definition) is 3. The van der Waals surface area contributed by atoms with E-state index in [-0.39, 0.29) is 28.6 Å². The van der Waals surface area contributed by atoms with Crippen molar-refractivity contribution in [3.05, 3.63) is 22.7 Å². The third-order valence-electron chi connectivity index (χ3n) is 2.60. The summed E-state index contributed by atoms with van der Waals surface area (Å²) < 4.78 is 24.4. The van der Waals surface area contributed by atoms with E-state index in [1.54, 1.807) is 0 Å². The van der Waals surface area contributed by atoms with Gasteiger partial charge in [0, 0.05) is 26.3 Å². The lowest BCUT2D eigenvalue weighted by Gasteiger charge is -2.15. The molecule has 5 N–H and O–H groups in total. The van der Waals surface area contributed by atoms with Crippen LogP contribution in [0.25, 0.3) is 0 Å². The second-order valence-corrected chi connectivity index (χ2v) is 7.02. The summed E-state index contributed by atoms with van der Waals surface area (Å²) in [6, 6.07) is 2.84. The van der Waals surface area contributed by atoms with Gasteiger partial charge in [0.2, 0.25) is 10.0 Å². The predicted molar refractivity (Wildman–Crippen MR) is 80.3 cm³/mol. The van der Waals surface area contributed by atoms with Crippen LogP contribution in [0.2, 0.25) is 5.02 Å². The zero-order valence-electron chi connectivity index (χ0n) is 11.2. The smallest absolute Gasteiger partial charge is 0.250 e. The number of nitrogens with one attached hydrogen (secondary N) is 1. The largest absolute Gasteiger partial charge is 0.399 e. The molecule has 0 unspecified atom stereocenters. The number of anilines is 2. The summed E-state index contributed by atoms with van der Waals surface area (Å²) in [6.45, 7) is 0.0877. The van der Waals surface area contributed by atoms with Gasteiger partial charge >= 0.3 is 0 Å². The lowest BCUT2D eigenvalue weighted by atomic mass is 10.1. The quantitative estimate of drug-likeness (QED) is 0.652. The minimum Gasteiger partial charge on any atom is -0.399 e. The van der Waals surface area contributed by atoms with Crippen molar-refractivity contribution in [2.75, 3.05) is 37.4 Å². The van der Waals surface area contributed by atoms with Gasteiger partial charge in [-0.05, 0) is 12.1 Å². The van der Waals surface area contributed by atoms with Gasteiger partial charge in [0.25, 0.3) is 5.91 Å². The van der Waals surface area contributed by atoms with Crippen molar-refractivity contribution in [3.63, 3.8) is 0 Å². The third kappa shape index (κ3) is 3.99. The molecule has 1 aromatic rings. The molecule has 0 radical (unpaired) electrons. The van der Waals surface area contributed by atoms with Gasteiger partial charge < -0.3 is 16.8 Å². The Morgan fingerprint density at radius 2 is 2.00 bits per heavy atom. The van der Waals surface area contributed by atoms with Crippen molar-refractivity contribution >= 4 is 38.9 Å². The Morgan fingerprint density at radius 3 is 2.50 bits per heavy atom. The summed E-state index contributed by atoms with van der Waals surface area (Å²) in [4.78, 5) is 11.3. The Kier molecular flexibility index (Phi) is 5.21. The van der Waals surface area contributed by atoms with E-state index in [2.05, 4.69) is 5.32 Å². The van der Waals surface area contributed by atoms with Crippen LogP contribution in [0.15, 0.2) is 12.1 Å². The lowest BCUT2D eigenvalue weighted by molar-refractivity contribution is 0.100. The molecule has 0 spiro atoms. The molecule has 0 saturated heterocycles. The van der Waals surface area contributed by atoms with Crippen LogP contribution in [0.5, 0.6) is 0 Å². The number of carbonyl (C=O) groups is 1. The maximum absolute atomic E-state index is 11.6. The van der Waals surface area contributed by atoms with Crippen LogP contribution in [-0.4, -0.2) is 45.0 Å². The molecule has 0 aromatic heterocycles. The van der Waals surface area contributed by atoms with Crippen molar-refractivity contribution in [2.24, 2.45) is 5.73 Å². The summed E-state index contributed by atoms with van der Waals surface area (Å²) in [7, 11) is -0.446. The Hall–Kier alpha value is -1.51. The van der Waals surface area contributed by atoms with Crippen LogP contribution in [-0.2, 0) is 10.0 Å². The zero-order chi connectivity index (χ0) is 15.5. The number of primary amides is 1. The molecule has 0 aliphatic carbocycles. The summed E-state index contributed by atoms with van der Waals surface area (Å²) in [6.07, 6.45) is 0. The first-order valence-electron chi connectivity index (χ1n) is 5.68. The van der Waals surface area contributed by atoms with Crippen molar-refractivity contribution in [3.8, 4) is 0 Å². The molecule has 0 saturated carbocycles. The molecule has 1 rings (SSSR count). The molecule has 0 aliphatic rings. The molecule has 1 aromatic carbocycles. The minimum atomic E-state index is -3.34. The van der Waals surface area contributed by atoms with Crippen molar-refractivity contribution in [2.45, 2.75) is 0 Å². The van der Waals surface area contributed by atoms with E-state index in [0.29, 0.717) is 5.69 Å². The first-order chi connectivity index (χ1) is 9.15. The van der Waals surface area contributed by atoms with E-state index >= 15 is 0 Å². The second-order valence-electron chi connectivity index (χ2n) is 4.31. The van der Waals surface area contributed by atoms with Gasteiger partial charge in [-0.2, -0.15) is 0 Å². The van der Waals surface area contributed by atoms with Gasteiger partial charge in [-0.15, -0.1) is 0 Å². The number of carbonyl (C=O) groups excluding carboxylic acids is 1. The molecule has 0 bridgehead atoms. The van der Waals surface area contributed by atoms with E-state index in [9.17, 15) is 13.2 Å². The Bertz CT molecular complexity index is 616. The van der Waals surface area contributed by atoms with Gasteiger partial charge in [-0.25, -0.2) is 12.7 Å². The number of halogens is 1. The molecular formula is C11H17ClN4O3S. The second kappa shape index (κ2) is 6.29. The normalized spacial score (nSPS) is 11.6. The highest BCUT2D eigenvalue weighted by Gasteiger charge is 2.16.